The second-order valence-electron chi connectivity index (χ2n) is 4.31. The fourth-order valence-corrected chi connectivity index (χ4v) is 2.70. The van der Waals surface area contributed by atoms with Crippen molar-refractivity contribution in [3.63, 3.8) is 0 Å². The fraction of sp³-hybridized carbons (Fsp3) is 0.500. The highest BCUT2D eigenvalue weighted by Crippen LogP contribution is 2.45. The summed E-state index contributed by atoms with van der Waals surface area (Å²) in [4.78, 5) is 15.5. The van der Waals surface area contributed by atoms with Crippen LogP contribution in [0.25, 0.3) is 0 Å². The zero-order valence-electron chi connectivity index (χ0n) is 8.81. The summed E-state index contributed by atoms with van der Waals surface area (Å²) in [5.74, 6) is -0.490. The maximum absolute atomic E-state index is 11.5. The number of aromatic nitrogens is 1. The fourth-order valence-electron chi connectivity index (χ4n) is 2.70. The third-order valence-corrected chi connectivity index (χ3v) is 3.63. The second-order valence-corrected chi connectivity index (χ2v) is 4.31. The summed E-state index contributed by atoms with van der Waals surface area (Å²) in [6, 6.07) is 3.66. The Morgan fingerprint density at radius 3 is 2.67 bits per heavy atom. The quantitative estimate of drug-likeness (QED) is 0.805. The summed E-state index contributed by atoms with van der Waals surface area (Å²) in [5, 5.41) is 9.47. The highest BCUT2D eigenvalue weighted by atomic mass is 16.4. The molecule has 3 nitrogen and oxygen atoms in total. The molecule has 0 aliphatic heterocycles. The Kier molecular flexibility index (Phi) is 2.47. The van der Waals surface area contributed by atoms with Crippen LogP contribution in [0.1, 0.15) is 31.7 Å². The number of carbonyl (C=O) groups is 1. The smallest absolute Gasteiger partial charge is 0.314 e. The minimum Gasteiger partial charge on any atom is -0.481 e. The van der Waals surface area contributed by atoms with Gasteiger partial charge in [-0.15, -0.1) is 0 Å². The summed E-state index contributed by atoms with van der Waals surface area (Å²) < 4.78 is 0. The van der Waals surface area contributed by atoms with E-state index in [-0.39, 0.29) is 5.92 Å². The first-order valence-corrected chi connectivity index (χ1v) is 5.32. The van der Waals surface area contributed by atoms with Crippen molar-refractivity contribution in [3.8, 4) is 0 Å². The molecule has 0 bridgehead atoms. The molecule has 80 valence electrons. The van der Waals surface area contributed by atoms with Crippen LogP contribution in [0.15, 0.2) is 24.5 Å². The van der Waals surface area contributed by atoms with Crippen LogP contribution >= 0.6 is 0 Å². The number of aliphatic carboxylic acids is 1. The van der Waals surface area contributed by atoms with Gasteiger partial charge < -0.3 is 5.11 Å². The third-order valence-electron chi connectivity index (χ3n) is 3.63. The maximum Gasteiger partial charge on any atom is 0.314 e. The lowest BCUT2D eigenvalue weighted by molar-refractivity contribution is -0.145. The minimum atomic E-state index is -0.696. The molecule has 1 heterocycles. The largest absolute Gasteiger partial charge is 0.481 e. The summed E-state index contributed by atoms with van der Waals surface area (Å²) in [6.07, 6.45) is 6.08. The lowest BCUT2D eigenvalue weighted by Gasteiger charge is -2.29. The van der Waals surface area contributed by atoms with Crippen molar-refractivity contribution in [2.45, 2.75) is 31.6 Å². The molecule has 0 saturated heterocycles. The van der Waals surface area contributed by atoms with E-state index in [4.69, 9.17) is 0 Å². The number of hydrogen-bond donors (Lipinski definition) is 1. The Hall–Kier alpha value is -1.38. The molecule has 2 atom stereocenters. The van der Waals surface area contributed by atoms with Gasteiger partial charge in [-0.2, -0.15) is 0 Å². The highest BCUT2D eigenvalue weighted by Gasteiger charge is 2.48. The molecule has 15 heavy (non-hydrogen) atoms. The molecule has 1 N–H and O–H groups in total. The number of carboxylic acid groups (broad SMARTS) is 1. The highest BCUT2D eigenvalue weighted by molar-refractivity contribution is 5.82. The molecule has 1 aromatic heterocycles. The molecule has 3 heteroatoms. The predicted octanol–water partition coefficient (Wildman–Crippen LogP) is 2.22. The van der Waals surface area contributed by atoms with Gasteiger partial charge in [0.2, 0.25) is 0 Å². The molecule has 0 amide bonds. The average Bonchev–Trinajstić information content (AvgIpc) is 2.62. The number of pyridine rings is 1. The van der Waals surface area contributed by atoms with Gasteiger partial charge in [-0.1, -0.05) is 13.3 Å². The van der Waals surface area contributed by atoms with Gasteiger partial charge >= 0.3 is 5.97 Å². The van der Waals surface area contributed by atoms with E-state index in [1.165, 1.54) is 0 Å². The van der Waals surface area contributed by atoms with Crippen molar-refractivity contribution in [1.29, 1.82) is 0 Å². The first kappa shape index (κ1) is 10.1. The molecule has 1 fully saturated rings. The topological polar surface area (TPSA) is 50.2 Å². The first-order valence-electron chi connectivity index (χ1n) is 5.32. The number of rotatable bonds is 2. The van der Waals surface area contributed by atoms with Gasteiger partial charge in [-0.05, 0) is 36.5 Å². The molecule has 0 radical (unpaired) electrons. The van der Waals surface area contributed by atoms with Gasteiger partial charge in [0, 0.05) is 12.4 Å². The van der Waals surface area contributed by atoms with Gasteiger partial charge in [0.15, 0.2) is 0 Å². The molecular formula is C12H15NO2. The molecule has 1 aliphatic carbocycles. The SMILES string of the molecule is CC1CCCC1(C(=O)O)c1ccncc1. The Labute approximate surface area is 89.2 Å². The normalized spacial score (nSPS) is 30.3. The van der Waals surface area contributed by atoms with Crippen LogP contribution in [0.2, 0.25) is 0 Å². The predicted molar refractivity (Wildman–Crippen MR) is 56.6 cm³/mol. The molecule has 2 unspecified atom stereocenters. The van der Waals surface area contributed by atoms with Crippen molar-refractivity contribution in [2.75, 3.05) is 0 Å². The summed E-state index contributed by atoms with van der Waals surface area (Å²) in [5.41, 5.74) is 0.221. The second kappa shape index (κ2) is 3.65. The Balaban J connectivity index is 2.49. The van der Waals surface area contributed by atoms with Crippen LogP contribution in [0.5, 0.6) is 0 Å². The van der Waals surface area contributed by atoms with E-state index >= 15 is 0 Å². The Morgan fingerprint density at radius 2 is 2.20 bits per heavy atom. The summed E-state index contributed by atoms with van der Waals surface area (Å²) in [6.45, 7) is 2.03. The van der Waals surface area contributed by atoms with Crippen molar-refractivity contribution in [2.24, 2.45) is 5.92 Å². The van der Waals surface area contributed by atoms with Gasteiger partial charge in [0.1, 0.15) is 0 Å². The van der Waals surface area contributed by atoms with E-state index in [0.717, 1.165) is 24.8 Å². The minimum absolute atomic E-state index is 0.206. The van der Waals surface area contributed by atoms with Gasteiger partial charge in [-0.3, -0.25) is 9.78 Å². The van der Waals surface area contributed by atoms with Crippen molar-refractivity contribution >= 4 is 5.97 Å². The summed E-state index contributed by atoms with van der Waals surface area (Å²) >= 11 is 0. The zero-order valence-corrected chi connectivity index (χ0v) is 8.81. The maximum atomic E-state index is 11.5. The van der Waals surface area contributed by atoms with Crippen molar-refractivity contribution in [3.05, 3.63) is 30.1 Å². The van der Waals surface area contributed by atoms with Crippen LogP contribution in [0.3, 0.4) is 0 Å². The molecule has 1 aliphatic rings. The van der Waals surface area contributed by atoms with E-state index in [0.29, 0.717) is 0 Å². The molecule has 0 aromatic carbocycles. The first-order chi connectivity index (χ1) is 7.18. The van der Waals surface area contributed by atoms with E-state index in [9.17, 15) is 9.90 Å². The summed E-state index contributed by atoms with van der Waals surface area (Å²) in [7, 11) is 0. The van der Waals surface area contributed by atoms with Crippen molar-refractivity contribution in [1.82, 2.24) is 4.98 Å². The van der Waals surface area contributed by atoms with E-state index in [1.807, 2.05) is 19.1 Å². The van der Waals surface area contributed by atoms with Gasteiger partial charge in [-0.25, -0.2) is 0 Å². The molecule has 1 saturated carbocycles. The van der Waals surface area contributed by atoms with Gasteiger partial charge in [0.25, 0.3) is 0 Å². The number of nitrogens with zero attached hydrogens (tertiary/aromatic N) is 1. The monoisotopic (exact) mass is 205 g/mol. The number of carboxylic acids is 1. The Morgan fingerprint density at radius 1 is 1.53 bits per heavy atom. The van der Waals surface area contributed by atoms with Crippen LogP contribution in [-0.4, -0.2) is 16.1 Å². The van der Waals surface area contributed by atoms with Gasteiger partial charge in [0.05, 0.1) is 5.41 Å². The Bertz CT molecular complexity index is 363. The molecule has 0 spiro atoms. The lowest BCUT2D eigenvalue weighted by Crippen LogP contribution is -2.38. The van der Waals surface area contributed by atoms with Crippen molar-refractivity contribution < 1.29 is 9.90 Å². The van der Waals surface area contributed by atoms with Crippen LogP contribution in [0, 0.1) is 5.92 Å². The van der Waals surface area contributed by atoms with E-state index in [2.05, 4.69) is 4.98 Å². The molecule has 2 rings (SSSR count). The van der Waals surface area contributed by atoms with E-state index in [1.54, 1.807) is 12.4 Å². The number of hydrogen-bond acceptors (Lipinski definition) is 2. The van der Waals surface area contributed by atoms with Crippen LogP contribution in [0.4, 0.5) is 0 Å². The van der Waals surface area contributed by atoms with E-state index < -0.39 is 11.4 Å². The zero-order chi connectivity index (χ0) is 10.9. The molecule has 1 aromatic rings. The lowest BCUT2D eigenvalue weighted by atomic mass is 9.73. The molecular weight excluding hydrogens is 190 g/mol. The van der Waals surface area contributed by atoms with Crippen LogP contribution in [-0.2, 0) is 10.2 Å². The third kappa shape index (κ3) is 1.42. The average molecular weight is 205 g/mol. The van der Waals surface area contributed by atoms with Crippen LogP contribution < -0.4 is 0 Å². The standard InChI is InChI=1S/C12H15NO2/c1-9-3-2-6-12(9,11(14)15)10-4-7-13-8-5-10/h4-5,7-9H,2-3,6H2,1H3,(H,14,15).